The van der Waals surface area contributed by atoms with E-state index in [0.29, 0.717) is 10.6 Å². The van der Waals surface area contributed by atoms with Gasteiger partial charge < -0.3 is 10.0 Å². The number of para-hydroxylation sites is 1. The highest BCUT2D eigenvalue weighted by atomic mass is 35.5. The van der Waals surface area contributed by atoms with Crippen LogP contribution in [-0.4, -0.2) is 27.0 Å². The zero-order valence-corrected chi connectivity index (χ0v) is 15.9. The number of aromatic nitrogens is 2. The van der Waals surface area contributed by atoms with Gasteiger partial charge in [0.15, 0.2) is 0 Å². The summed E-state index contributed by atoms with van der Waals surface area (Å²) in [5.41, 5.74) is -1.99. The van der Waals surface area contributed by atoms with Crippen LogP contribution in [0.1, 0.15) is 11.1 Å². The monoisotopic (exact) mass is 421 g/mol. The molecule has 9 heteroatoms. The van der Waals surface area contributed by atoms with Crippen LogP contribution in [0.3, 0.4) is 0 Å². The number of fused-ring (bicyclic) bond motifs is 1. The fourth-order valence-electron chi connectivity index (χ4n) is 3.46. The quantitative estimate of drug-likeness (QED) is 0.694. The second-order valence-electron chi connectivity index (χ2n) is 6.83. The van der Waals surface area contributed by atoms with Gasteiger partial charge in [0.25, 0.3) is 11.5 Å². The zero-order valence-electron chi connectivity index (χ0n) is 15.1. The minimum atomic E-state index is -5.15. The first kappa shape index (κ1) is 19.5. The highest BCUT2D eigenvalue weighted by molar-refractivity contribution is 6.31. The highest BCUT2D eigenvalue weighted by Crippen LogP contribution is 2.49. The van der Waals surface area contributed by atoms with Crippen molar-refractivity contribution in [3.05, 3.63) is 71.0 Å². The first-order chi connectivity index (χ1) is 13.6. The number of aliphatic hydroxyl groups is 1. The third-order valence-corrected chi connectivity index (χ3v) is 5.32. The van der Waals surface area contributed by atoms with Gasteiger partial charge in [-0.2, -0.15) is 18.3 Å². The van der Waals surface area contributed by atoms with Crippen LogP contribution in [0.2, 0.25) is 5.02 Å². The SMILES string of the molecule is Cn1cc(-c2ccc(CN3C(=O)C(O)(C(F)(F)F)c4ccccc43)c(Cl)c2)cn1. The van der Waals surface area contributed by atoms with Gasteiger partial charge in [0.2, 0.25) is 0 Å². The Morgan fingerprint density at radius 2 is 1.90 bits per heavy atom. The predicted octanol–water partition coefficient (Wildman–Crippen LogP) is 4.04. The van der Waals surface area contributed by atoms with E-state index in [4.69, 9.17) is 11.6 Å². The number of hydrogen-bond acceptors (Lipinski definition) is 3. The molecule has 4 rings (SSSR count). The Bertz CT molecular complexity index is 1110. The van der Waals surface area contributed by atoms with Crippen LogP contribution < -0.4 is 4.90 Å². The van der Waals surface area contributed by atoms with Crippen molar-refractivity contribution >= 4 is 23.2 Å². The van der Waals surface area contributed by atoms with E-state index in [1.54, 1.807) is 42.3 Å². The normalized spacial score (nSPS) is 19.0. The third kappa shape index (κ3) is 2.99. The molecule has 0 fully saturated rings. The maximum Gasteiger partial charge on any atom is 0.430 e. The van der Waals surface area contributed by atoms with E-state index in [9.17, 15) is 23.1 Å². The van der Waals surface area contributed by atoms with E-state index in [1.165, 1.54) is 18.2 Å². The van der Waals surface area contributed by atoms with Crippen LogP contribution in [-0.2, 0) is 24.0 Å². The molecule has 2 heterocycles. The molecule has 2 aromatic carbocycles. The minimum absolute atomic E-state index is 0.00438. The van der Waals surface area contributed by atoms with Gasteiger partial charge in [-0.3, -0.25) is 9.48 Å². The summed E-state index contributed by atoms with van der Waals surface area (Å²) in [7, 11) is 1.78. The number of halogens is 4. The Hall–Kier alpha value is -2.84. The van der Waals surface area contributed by atoms with Crippen LogP contribution >= 0.6 is 11.6 Å². The Kier molecular flexibility index (Phi) is 4.43. The Morgan fingerprint density at radius 3 is 2.52 bits per heavy atom. The summed E-state index contributed by atoms with van der Waals surface area (Å²) >= 11 is 6.35. The second-order valence-corrected chi connectivity index (χ2v) is 7.23. The van der Waals surface area contributed by atoms with Crippen molar-refractivity contribution in [1.82, 2.24) is 9.78 Å². The largest absolute Gasteiger partial charge is 0.430 e. The van der Waals surface area contributed by atoms with Gasteiger partial charge in [0.1, 0.15) is 0 Å². The van der Waals surface area contributed by atoms with Crippen molar-refractivity contribution < 1.29 is 23.1 Å². The molecule has 5 nitrogen and oxygen atoms in total. The van der Waals surface area contributed by atoms with Crippen molar-refractivity contribution in [2.24, 2.45) is 7.05 Å². The fraction of sp³-hybridized carbons (Fsp3) is 0.200. The van der Waals surface area contributed by atoms with Crippen molar-refractivity contribution in [2.45, 2.75) is 18.3 Å². The molecule has 29 heavy (non-hydrogen) atoms. The number of nitrogens with zero attached hydrogens (tertiary/aromatic N) is 3. The van der Waals surface area contributed by atoms with Gasteiger partial charge in [-0.05, 0) is 23.3 Å². The van der Waals surface area contributed by atoms with E-state index in [-0.39, 0.29) is 12.2 Å². The summed E-state index contributed by atoms with van der Waals surface area (Å²) in [4.78, 5) is 13.6. The van der Waals surface area contributed by atoms with Gasteiger partial charge in [-0.15, -0.1) is 0 Å². The number of alkyl halides is 3. The maximum atomic E-state index is 13.6. The molecule has 1 aliphatic rings. The number of aryl methyl sites for hydroxylation is 1. The van der Waals surface area contributed by atoms with Crippen molar-refractivity contribution in [2.75, 3.05) is 4.90 Å². The van der Waals surface area contributed by atoms with Gasteiger partial charge >= 0.3 is 6.18 Å². The molecule has 0 bridgehead atoms. The predicted molar refractivity (Wildman–Crippen MR) is 101 cm³/mol. The molecular weight excluding hydrogens is 407 g/mol. The van der Waals surface area contributed by atoms with E-state index in [2.05, 4.69) is 5.10 Å². The number of carbonyl (C=O) groups excluding carboxylic acids is 1. The molecule has 0 spiro atoms. The molecule has 1 amide bonds. The van der Waals surface area contributed by atoms with E-state index < -0.39 is 23.2 Å². The Morgan fingerprint density at radius 1 is 1.17 bits per heavy atom. The first-order valence-corrected chi connectivity index (χ1v) is 8.98. The molecule has 1 aromatic heterocycles. The number of anilines is 1. The molecule has 0 saturated carbocycles. The standard InChI is InChI=1S/C20H15ClF3N3O2/c1-26-10-14(9-25-26)12-6-7-13(16(21)8-12)11-27-17-5-3-2-4-15(17)19(29,18(27)28)20(22,23)24/h2-10,29H,11H2,1H3. The van der Waals surface area contributed by atoms with Crippen LogP contribution in [0.4, 0.5) is 18.9 Å². The molecular formula is C20H15ClF3N3O2. The molecule has 1 unspecified atom stereocenters. The van der Waals surface area contributed by atoms with Crippen molar-refractivity contribution in [1.29, 1.82) is 0 Å². The second kappa shape index (κ2) is 6.60. The number of rotatable bonds is 3. The van der Waals surface area contributed by atoms with Gasteiger partial charge in [-0.25, -0.2) is 0 Å². The summed E-state index contributed by atoms with van der Waals surface area (Å²) in [5, 5.41) is 14.7. The van der Waals surface area contributed by atoms with Crippen LogP contribution in [0.5, 0.6) is 0 Å². The lowest BCUT2D eigenvalue weighted by molar-refractivity contribution is -0.253. The molecule has 0 radical (unpaired) electrons. The minimum Gasteiger partial charge on any atom is -0.368 e. The van der Waals surface area contributed by atoms with Crippen molar-refractivity contribution in [3.8, 4) is 11.1 Å². The third-order valence-electron chi connectivity index (χ3n) is 4.97. The van der Waals surface area contributed by atoms with E-state index >= 15 is 0 Å². The fourth-order valence-corrected chi connectivity index (χ4v) is 3.70. The average molecular weight is 422 g/mol. The van der Waals surface area contributed by atoms with Crippen LogP contribution in [0.25, 0.3) is 11.1 Å². The molecule has 0 saturated heterocycles. The topological polar surface area (TPSA) is 58.4 Å². The smallest absolute Gasteiger partial charge is 0.368 e. The Labute approximate surface area is 168 Å². The van der Waals surface area contributed by atoms with E-state index in [0.717, 1.165) is 22.1 Å². The summed E-state index contributed by atoms with van der Waals surface area (Å²) in [6, 6.07) is 10.4. The summed E-state index contributed by atoms with van der Waals surface area (Å²) < 4.78 is 42.4. The number of hydrogen-bond donors (Lipinski definition) is 1. The molecule has 0 aliphatic carbocycles. The number of amides is 1. The lowest BCUT2D eigenvalue weighted by Gasteiger charge is -2.25. The first-order valence-electron chi connectivity index (χ1n) is 8.61. The molecule has 150 valence electrons. The zero-order chi connectivity index (χ0) is 21.0. The van der Waals surface area contributed by atoms with Crippen molar-refractivity contribution in [3.63, 3.8) is 0 Å². The average Bonchev–Trinajstić information content (AvgIpc) is 3.19. The lowest BCUT2D eigenvalue weighted by atomic mass is 9.95. The lowest BCUT2D eigenvalue weighted by Crippen LogP contribution is -2.50. The van der Waals surface area contributed by atoms with Gasteiger partial charge in [0.05, 0.1) is 18.4 Å². The van der Waals surface area contributed by atoms with Gasteiger partial charge in [0, 0.05) is 29.4 Å². The molecule has 1 atom stereocenters. The number of benzene rings is 2. The molecule has 1 N–H and O–H groups in total. The Balaban J connectivity index is 1.71. The molecule has 3 aromatic rings. The summed E-state index contributed by atoms with van der Waals surface area (Å²) in [5.74, 6) is -1.45. The summed E-state index contributed by atoms with van der Waals surface area (Å²) in [6.45, 7) is -0.208. The van der Waals surface area contributed by atoms with E-state index in [1.807, 2.05) is 0 Å². The highest BCUT2D eigenvalue weighted by Gasteiger charge is 2.66. The summed E-state index contributed by atoms with van der Waals surface area (Å²) in [6.07, 6.45) is -1.69. The van der Waals surface area contributed by atoms with Crippen LogP contribution in [0.15, 0.2) is 54.9 Å². The maximum absolute atomic E-state index is 13.6. The van der Waals surface area contributed by atoms with Gasteiger partial charge in [-0.1, -0.05) is 41.9 Å². The molecule has 1 aliphatic heterocycles. The number of carbonyl (C=O) groups is 1. The van der Waals surface area contributed by atoms with Crippen LogP contribution in [0, 0.1) is 0 Å².